The first-order valence-corrected chi connectivity index (χ1v) is 7.50. The van der Waals surface area contributed by atoms with Gasteiger partial charge in [-0.2, -0.15) is 5.10 Å². The Morgan fingerprint density at radius 1 is 1.08 bits per heavy atom. The number of amides is 2. The van der Waals surface area contributed by atoms with E-state index in [2.05, 4.69) is 34.8 Å². The summed E-state index contributed by atoms with van der Waals surface area (Å²) in [6.45, 7) is 0.474. The number of nitrogens with zero attached hydrogens (tertiary/aromatic N) is 1. The molecule has 2 amide bonds. The molecular weight excluding hydrogens is 302 g/mol. The van der Waals surface area contributed by atoms with Crippen molar-refractivity contribution in [3.05, 3.63) is 77.9 Å². The summed E-state index contributed by atoms with van der Waals surface area (Å²) < 4.78 is 5.89. The zero-order valence-electron chi connectivity index (χ0n) is 13.0. The lowest BCUT2D eigenvalue weighted by atomic mass is 10.1. The highest BCUT2D eigenvalue weighted by Crippen LogP contribution is 2.21. The summed E-state index contributed by atoms with van der Waals surface area (Å²) >= 11 is 0. The average Bonchev–Trinajstić information content (AvgIpc) is 2.60. The molecule has 0 aromatic heterocycles. The fourth-order valence-corrected chi connectivity index (χ4v) is 2.43. The normalized spacial score (nSPS) is 10.8. The highest BCUT2D eigenvalue weighted by Gasteiger charge is 2.02. The minimum absolute atomic E-state index is 0.474. The van der Waals surface area contributed by atoms with Crippen LogP contribution in [0.5, 0.6) is 5.75 Å². The number of carbonyl (C=O) groups is 1. The molecule has 0 unspecified atom stereocenters. The fourth-order valence-electron chi connectivity index (χ4n) is 2.43. The van der Waals surface area contributed by atoms with Gasteiger partial charge >= 0.3 is 6.03 Å². The summed E-state index contributed by atoms with van der Waals surface area (Å²) in [4.78, 5) is 10.6. The molecule has 0 aliphatic heterocycles. The number of carbonyl (C=O) groups excluding carboxylic acids is 1. The molecule has 3 aromatic rings. The number of fused-ring (bicyclic) bond motifs is 1. The molecule has 3 N–H and O–H groups in total. The molecule has 0 heterocycles. The molecule has 0 radical (unpaired) electrons. The van der Waals surface area contributed by atoms with Crippen molar-refractivity contribution in [2.24, 2.45) is 10.8 Å². The third-order valence-corrected chi connectivity index (χ3v) is 3.52. The van der Waals surface area contributed by atoms with Crippen molar-refractivity contribution in [3.8, 4) is 5.75 Å². The summed E-state index contributed by atoms with van der Waals surface area (Å²) in [7, 11) is 0. The molecule has 5 nitrogen and oxygen atoms in total. The van der Waals surface area contributed by atoms with E-state index >= 15 is 0 Å². The Morgan fingerprint density at radius 2 is 1.88 bits per heavy atom. The van der Waals surface area contributed by atoms with Crippen LogP contribution in [0.2, 0.25) is 0 Å². The largest absolute Gasteiger partial charge is 0.489 e. The van der Waals surface area contributed by atoms with Gasteiger partial charge in [-0.25, -0.2) is 10.2 Å². The Bertz CT molecular complexity index is 885. The topological polar surface area (TPSA) is 76.7 Å². The van der Waals surface area contributed by atoms with E-state index in [9.17, 15) is 4.79 Å². The molecule has 0 aliphatic rings. The molecule has 0 spiro atoms. The molecule has 0 saturated heterocycles. The van der Waals surface area contributed by atoms with Crippen molar-refractivity contribution in [1.29, 1.82) is 0 Å². The van der Waals surface area contributed by atoms with Crippen molar-refractivity contribution in [1.82, 2.24) is 5.43 Å². The van der Waals surface area contributed by atoms with Crippen molar-refractivity contribution < 1.29 is 9.53 Å². The Morgan fingerprint density at radius 3 is 2.75 bits per heavy atom. The lowest BCUT2D eigenvalue weighted by Gasteiger charge is -2.09. The summed E-state index contributed by atoms with van der Waals surface area (Å²) in [5.74, 6) is 0.728. The van der Waals surface area contributed by atoms with Gasteiger partial charge in [0.25, 0.3) is 0 Å². The maximum Gasteiger partial charge on any atom is 0.332 e. The second kappa shape index (κ2) is 7.28. The number of urea groups is 1. The van der Waals surface area contributed by atoms with E-state index in [4.69, 9.17) is 10.5 Å². The van der Waals surface area contributed by atoms with E-state index < -0.39 is 6.03 Å². The number of nitrogens with two attached hydrogens (primary N) is 1. The SMILES string of the molecule is NC(=O)NN=Cc1cccc(OCc2cccc3ccccc23)c1. The van der Waals surface area contributed by atoms with Gasteiger partial charge in [0.15, 0.2) is 0 Å². The smallest absolute Gasteiger partial charge is 0.332 e. The van der Waals surface area contributed by atoms with E-state index in [1.54, 1.807) is 0 Å². The lowest BCUT2D eigenvalue weighted by molar-refractivity contribution is 0.249. The van der Waals surface area contributed by atoms with Crippen molar-refractivity contribution in [3.63, 3.8) is 0 Å². The minimum Gasteiger partial charge on any atom is -0.489 e. The minimum atomic E-state index is -0.699. The van der Waals surface area contributed by atoms with Gasteiger partial charge in [0, 0.05) is 0 Å². The monoisotopic (exact) mass is 319 g/mol. The van der Waals surface area contributed by atoms with Crippen LogP contribution in [-0.2, 0) is 6.61 Å². The molecule has 24 heavy (non-hydrogen) atoms. The average molecular weight is 319 g/mol. The van der Waals surface area contributed by atoms with Gasteiger partial charge in [0.05, 0.1) is 6.21 Å². The molecule has 0 bridgehead atoms. The zero-order valence-corrected chi connectivity index (χ0v) is 13.0. The van der Waals surface area contributed by atoms with Crippen LogP contribution in [0, 0.1) is 0 Å². The van der Waals surface area contributed by atoms with Crippen LogP contribution in [0.25, 0.3) is 10.8 Å². The van der Waals surface area contributed by atoms with Crippen LogP contribution in [-0.4, -0.2) is 12.2 Å². The van der Waals surface area contributed by atoms with Crippen molar-refractivity contribution in [2.45, 2.75) is 6.61 Å². The maximum absolute atomic E-state index is 10.6. The highest BCUT2D eigenvalue weighted by atomic mass is 16.5. The molecule has 5 heteroatoms. The van der Waals surface area contributed by atoms with Crippen LogP contribution in [0.3, 0.4) is 0 Å². The number of hydrogen-bond donors (Lipinski definition) is 2. The number of hydrogen-bond acceptors (Lipinski definition) is 3. The van der Waals surface area contributed by atoms with Gasteiger partial charge in [0.2, 0.25) is 0 Å². The molecule has 0 aliphatic carbocycles. The Hall–Kier alpha value is -3.34. The molecular formula is C19H17N3O2. The van der Waals surface area contributed by atoms with Crippen LogP contribution in [0.4, 0.5) is 4.79 Å². The number of benzene rings is 3. The molecule has 3 aromatic carbocycles. The van der Waals surface area contributed by atoms with Crippen LogP contribution in [0.1, 0.15) is 11.1 Å². The Kier molecular flexibility index (Phi) is 4.72. The molecule has 3 rings (SSSR count). The van der Waals surface area contributed by atoms with E-state index in [1.807, 2.05) is 42.5 Å². The summed E-state index contributed by atoms with van der Waals surface area (Å²) in [5, 5.41) is 6.11. The first-order valence-electron chi connectivity index (χ1n) is 7.50. The molecule has 0 saturated carbocycles. The second-order valence-corrected chi connectivity index (χ2v) is 5.23. The van der Waals surface area contributed by atoms with E-state index in [-0.39, 0.29) is 0 Å². The van der Waals surface area contributed by atoms with Gasteiger partial charge in [-0.1, -0.05) is 54.6 Å². The van der Waals surface area contributed by atoms with Crippen LogP contribution in [0.15, 0.2) is 71.8 Å². The number of ether oxygens (including phenoxy) is 1. The summed E-state index contributed by atoms with van der Waals surface area (Å²) in [6, 6.07) is 21.1. The number of rotatable bonds is 5. The standard InChI is InChI=1S/C19H17N3O2/c20-19(23)22-21-12-14-5-3-9-17(11-14)24-13-16-8-4-7-15-6-1-2-10-18(15)16/h1-12H,13H2,(H3,20,22,23). The number of hydrazone groups is 1. The third kappa shape index (κ3) is 3.89. The lowest BCUT2D eigenvalue weighted by Crippen LogP contribution is -2.24. The quantitative estimate of drug-likeness (QED) is 0.558. The Balaban J connectivity index is 1.72. The van der Waals surface area contributed by atoms with Gasteiger partial charge in [-0.3, -0.25) is 0 Å². The van der Waals surface area contributed by atoms with Crippen LogP contribution < -0.4 is 15.9 Å². The predicted molar refractivity (Wildman–Crippen MR) is 95.0 cm³/mol. The molecule has 0 atom stereocenters. The fraction of sp³-hybridized carbons (Fsp3) is 0.0526. The molecule has 120 valence electrons. The highest BCUT2D eigenvalue weighted by molar-refractivity contribution is 5.85. The van der Waals surface area contributed by atoms with E-state index in [1.165, 1.54) is 17.0 Å². The van der Waals surface area contributed by atoms with Crippen LogP contribution >= 0.6 is 0 Å². The van der Waals surface area contributed by atoms with Crippen molar-refractivity contribution >= 4 is 23.0 Å². The zero-order chi connectivity index (χ0) is 16.8. The van der Waals surface area contributed by atoms with Gasteiger partial charge in [-0.05, 0) is 34.0 Å². The Labute approximate surface area is 139 Å². The first-order chi connectivity index (χ1) is 11.7. The third-order valence-electron chi connectivity index (χ3n) is 3.52. The molecule has 0 fully saturated rings. The first kappa shape index (κ1) is 15.6. The number of primary amides is 1. The summed E-state index contributed by atoms with van der Waals surface area (Å²) in [5.41, 5.74) is 9.05. The van der Waals surface area contributed by atoms with E-state index in [0.29, 0.717) is 6.61 Å². The van der Waals surface area contributed by atoms with E-state index in [0.717, 1.165) is 16.9 Å². The maximum atomic E-state index is 10.6. The van der Waals surface area contributed by atoms with Crippen molar-refractivity contribution in [2.75, 3.05) is 0 Å². The summed E-state index contributed by atoms with van der Waals surface area (Å²) in [6.07, 6.45) is 1.51. The van der Waals surface area contributed by atoms with Gasteiger partial charge in [-0.15, -0.1) is 0 Å². The predicted octanol–water partition coefficient (Wildman–Crippen LogP) is 3.42. The second-order valence-electron chi connectivity index (χ2n) is 5.23. The van der Waals surface area contributed by atoms with Gasteiger partial charge in [0.1, 0.15) is 12.4 Å². The van der Waals surface area contributed by atoms with Gasteiger partial charge < -0.3 is 10.5 Å². The number of nitrogens with one attached hydrogen (secondary N) is 1.